The Hall–Kier alpha value is -3.72. The summed E-state index contributed by atoms with van der Waals surface area (Å²) in [5, 5.41) is 9.07. The Kier molecular flexibility index (Phi) is 6.14. The summed E-state index contributed by atoms with van der Waals surface area (Å²) in [5.41, 5.74) is 8.18. The summed E-state index contributed by atoms with van der Waals surface area (Å²) in [6, 6.07) is 9.78. The Balaban J connectivity index is 1.67. The number of anilines is 2. The van der Waals surface area contributed by atoms with Crippen molar-refractivity contribution in [2.75, 3.05) is 17.2 Å². The number of benzene rings is 2. The summed E-state index contributed by atoms with van der Waals surface area (Å²) < 4.78 is 4.98. The molecule has 0 aliphatic carbocycles. The standard InChI is InChI=1S/C25H28N4O5/c1-4-34-23(32)15-5-7-16(8-6-15)27-22(31)19-11-17(12-20(26)30)29-25(19)18-10-13(2)9-14(3)21(18)28-24(25)33/h5-10,17,19,29H,4,11-12H2,1-3H3,(H2,26,30)(H,27,31)(H,28,33). The van der Waals surface area contributed by atoms with Crippen LogP contribution in [-0.2, 0) is 24.7 Å². The fourth-order valence-electron chi connectivity index (χ4n) is 5.03. The number of esters is 1. The van der Waals surface area contributed by atoms with Gasteiger partial charge < -0.3 is 21.1 Å². The number of nitrogens with one attached hydrogen (secondary N) is 3. The van der Waals surface area contributed by atoms with Gasteiger partial charge >= 0.3 is 5.97 Å². The first kappa shape index (κ1) is 23.4. The highest BCUT2D eigenvalue weighted by atomic mass is 16.5. The molecule has 3 amide bonds. The average molecular weight is 465 g/mol. The van der Waals surface area contributed by atoms with Crippen LogP contribution in [0.15, 0.2) is 36.4 Å². The second-order valence-corrected chi connectivity index (χ2v) is 8.85. The number of fused-ring (bicyclic) bond motifs is 2. The van der Waals surface area contributed by atoms with E-state index in [1.165, 1.54) is 0 Å². The monoisotopic (exact) mass is 464 g/mol. The molecule has 5 N–H and O–H groups in total. The zero-order chi connectivity index (χ0) is 24.6. The molecule has 34 heavy (non-hydrogen) atoms. The molecule has 1 saturated heterocycles. The number of hydrogen-bond acceptors (Lipinski definition) is 6. The number of hydrogen-bond donors (Lipinski definition) is 4. The zero-order valence-corrected chi connectivity index (χ0v) is 19.4. The molecule has 9 nitrogen and oxygen atoms in total. The van der Waals surface area contributed by atoms with Gasteiger partial charge in [-0.1, -0.05) is 17.7 Å². The van der Waals surface area contributed by atoms with Crippen LogP contribution in [0.25, 0.3) is 0 Å². The predicted molar refractivity (Wildman–Crippen MR) is 126 cm³/mol. The molecule has 0 aromatic heterocycles. The molecule has 0 radical (unpaired) electrons. The summed E-state index contributed by atoms with van der Waals surface area (Å²) in [4.78, 5) is 50.4. The fraction of sp³-hybridized carbons (Fsp3) is 0.360. The lowest BCUT2D eigenvalue weighted by molar-refractivity contribution is -0.130. The van der Waals surface area contributed by atoms with E-state index >= 15 is 0 Å². The number of carbonyl (C=O) groups is 4. The lowest BCUT2D eigenvalue weighted by Crippen LogP contribution is -2.52. The van der Waals surface area contributed by atoms with E-state index in [-0.39, 0.29) is 31.3 Å². The van der Waals surface area contributed by atoms with Gasteiger partial charge in [0, 0.05) is 29.4 Å². The third kappa shape index (κ3) is 4.03. The Labute approximate surface area is 197 Å². The SMILES string of the molecule is CCOC(=O)c1ccc(NC(=O)C2CC(CC(N)=O)NC23C(=O)Nc2c(C)cc(C)cc23)cc1. The lowest BCUT2D eigenvalue weighted by atomic mass is 9.78. The molecule has 178 valence electrons. The quantitative estimate of drug-likeness (QED) is 0.483. The van der Waals surface area contributed by atoms with Gasteiger partial charge in [0.05, 0.1) is 18.1 Å². The van der Waals surface area contributed by atoms with E-state index in [9.17, 15) is 19.2 Å². The number of nitrogens with two attached hydrogens (primary N) is 1. The minimum atomic E-state index is -1.32. The molecule has 9 heteroatoms. The van der Waals surface area contributed by atoms with Gasteiger partial charge in [0.2, 0.25) is 17.7 Å². The van der Waals surface area contributed by atoms with Crippen molar-refractivity contribution in [3.8, 4) is 0 Å². The molecule has 0 bridgehead atoms. The maximum Gasteiger partial charge on any atom is 0.338 e. The molecule has 2 aliphatic rings. The van der Waals surface area contributed by atoms with E-state index in [4.69, 9.17) is 10.5 Å². The Morgan fingerprint density at radius 1 is 1.18 bits per heavy atom. The average Bonchev–Trinajstić information content (AvgIpc) is 3.28. The smallest absolute Gasteiger partial charge is 0.338 e. The molecule has 2 aromatic rings. The lowest BCUT2D eigenvalue weighted by Gasteiger charge is -2.29. The predicted octanol–water partition coefficient (Wildman–Crippen LogP) is 2.12. The Morgan fingerprint density at radius 2 is 1.88 bits per heavy atom. The van der Waals surface area contributed by atoms with Crippen molar-refractivity contribution < 1.29 is 23.9 Å². The zero-order valence-electron chi connectivity index (χ0n) is 19.4. The molecule has 1 fully saturated rings. The fourth-order valence-corrected chi connectivity index (χ4v) is 5.03. The normalized spacial score (nSPS) is 22.9. The van der Waals surface area contributed by atoms with E-state index in [0.717, 1.165) is 11.1 Å². The third-order valence-electron chi connectivity index (χ3n) is 6.40. The van der Waals surface area contributed by atoms with Gasteiger partial charge in [-0.15, -0.1) is 0 Å². The molecule has 1 spiro atoms. The van der Waals surface area contributed by atoms with E-state index < -0.39 is 29.4 Å². The van der Waals surface area contributed by atoms with Crippen LogP contribution < -0.4 is 21.7 Å². The topological polar surface area (TPSA) is 140 Å². The van der Waals surface area contributed by atoms with E-state index in [1.807, 2.05) is 26.0 Å². The van der Waals surface area contributed by atoms with Crippen LogP contribution in [-0.4, -0.2) is 36.3 Å². The van der Waals surface area contributed by atoms with Crippen molar-refractivity contribution in [3.05, 3.63) is 58.7 Å². The molecular formula is C25H28N4O5. The summed E-state index contributed by atoms with van der Waals surface area (Å²) in [6.45, 7) is 5.83. The van der Waals surface area contributed by atoms with Crippen LogP contribution >= 0.6 is 0 Å². The van der Waals surface area contributed by atoms with E-state index in [0.29, 0.717) is 22.5 Å². The van der Waals surface area contributed by atoms with Gasteiger partial charge in [-0.2, -0.15) is 0 Å². The van der Waals surface area contributed by atoms with Crippen LogP contribution in [0, 0.1) is 19.8 Å². The minimum Gasteiger partial charge on any atom is -0.462 e. The molecule has 2 aliphatic heterocycles. The number of carbonyl (C=O) groups excluding carboxylic acids is 4. The molecule has 2 heterocycles. The summed E-state index contributed by atoms with van der Waals surface area (Å²) in [7, 11) is 0. The highest BCUT2D eigenvalue weighted by Crippen LogP contribution is 2.49. The molecule has 0 saturated carbocycles. The minimum absolute atomic E-state index is 0.00712. The van der Waals surface area contributed by atoms with Crippen molar-refractivity contribution in [1.29, 1.82) is 0 Å². The molecule has 4 rings (SSSR count). The first-order valence-electron chi connectivity index (χ1n) is 11.2. The number of aryl methyl sites for hydroxylation is 2. The van der Waals surface area contributed by atoms with Crippen molar-refractivity contribution in [3.63, 3.8) is 0 Å². The molecule has 3 unspecified atom stereocenters. The molecular weight excluding hydrogens is 436 g/mol. The second kappa shape index (κ2) is 8.90. The van der Waals surface area contributed by atoms with Gasteiger partial charge in [-0.05, 0) is 57.0 Å². The number of ether oxygens (including phenoxy) is 1. The van der Waals surface area contributed by atoms with Crippen LogP contribution in [0.3, 0.4) is 0 Å². The van der Waals surface area contributed by atoms with Crippen molar-refractivity contribution in [1.82, 2.24) is 5.32 Å². The number of rotatable bonds is 6. The number of primary amides is 1. The van der Waals surface area contributed by atoms with Crippen molar-refractivity contribution in [2.45, 2.75) is 45.2 Å². The summed E-state index contributed by atoms with van der Waals surface area (Å²) >= 11 is 0. The summed E-state index contributed by atoms with van der Waals surface area (Å²) in [5.74, 6) is -2.45. The first-order valence-corrected chi connectivity index (χ1v) is 11.2. The van der Waals surface area contributed by atoms with Crippen molar-refractivity contribution >= 4 is 35.1 Å². The molecule has 3 atom stereocenters. The van der Waals surface area contributed by atoms with Crippen LogP contribution in [0.1, 0.15) is 46.8 Å². The number of amides is 3. The van der Waals surface area contributed by atoms with Gasteiger partial charge in [-0.25, -0.2) is 4.79 Å². The maximum absolute atomic E-state index is 13.5. The Morgan fingerprint density at radius 3 is 2.53 bits per heavy atom. The first-order chi connectivity index (χ1) is 16.1. The van der Waals surface area contributed by atoms with Gasteiger partial charge in [0.15, 0.2) is 0 Å². The van der Waals surface area contributed by atoms with E-state index in [2.05, 4.69) is 16.0 Å². The highest BCUT2D eigenvalue weighted by Gasteiger charge is 2.60. The van der Waals surface area contributed by atoms with Crippen LogP contribution in [0.4, 0.5) is 11.4 Å². The summed E-state index contributed by atoms with van der Waals surface area (Å²) in [6.07, 6.45) is 0.267. The Bertz CT molecular complexity index is 1180. The van der Waals surface area contributed by atoms with Crippen LogP contribution in [0.5, 0.6) is 0 Å². The highest BCUT2D eigenvalue weighted by molar-refractivity contribution is 6.11. The van der Waals surface area contributed by atoms with Crippen LogP contribution in [0.2, 0.25) is 0 Å². The van der Waals surface area contributed by atoms with Gasteiger partial charge in [0.25, 0.3) is 0 Å². The largest absolute Gasteiger partial charge is 0.462 e. The third-order valence-corrected chi connectivity index (χ3v) is 6.40. The van der Waals surface area contributed by atoms with Crippen molar-refractivity contribution in [2.24, 2.45) is 11.7 Å². The second-order valence-electron chi connectivity index (χ2n) is 8.85. The maximum atomic E-state index is 13.5. The molecule has 2 aromatic carbocycles. The van der Waals surface area contributed by atoms with Gasteiger partial charge in [-0.3, -0.25) is 19.7 Å². The van der Waals surface area contributed by atoms with Gasteiger partial charge in [0.1, 0.15) is 5.54 Å². The van der Waals surface area contributed by atoms with E-state index in [1.54, 1.807) is 31.2 Å².